The van der Waals surface area contributed by atoms with Crippen LogP contribution in [-0.2, 0) is 0 Å². The lowest BCUT2D eigenvalue weighted by atomic mass is 10.2. The molecule has 2 aromatic rings. The monoisotopic (exact) mass is 238 g/mol. The molecule has 0 radical (unpaired) electrons. The lowest BCUT2D eigenvalue weighted by molar-refractivity contribution is 1.65. The fraction of sp³-hybridized carbons (Fsp3) is 0. The summed E-state index contributed by atoms with van der Waals surface area (Å²) in [7, 11) is 0. The second kappa shape index (κ2) is 6.97. The lowest BCUT2D eigenvalue weighted by Crippen LogP contribution is -1.82. The number of nitrogens with two attached hydrogens (primary N) is 2. The van der Waals surface area contributed by atoms with E-state index in [1.807, 2.05) is 48.5 Å². The van der Waals surface area contributed by atoms with Crippen LogP contribution in [0.15, 0.2) is 61.7 Å². The van der Waals surface area contributed by atoms with Gasteiger partial charge in [0.1, 0.15) is 0 Å². The van der Waals surface area contributed by atoms with Crippen LogP contribution in [0.1, 0.15) is 11.1 Å². The zero-order valence-corrected chi connectivity index (χ0v) is 10.3. The highest BCUT2D eigenvalue weighted by atomic mass is 14.5. The Balaban J connectivity index is 0.000000180. The molecule has 0 aromatic heterocycles. The van der Waals surface area contributed by atoms with Gasteiger partial charge in [-0.25, -0.2) is 0 Å². The molecule has 0 aliphatic rings. The van der Waals surface area contributed by atoms with Crippen LogP contribution in [0.2, 0.25) is 0 Å². The van der Waals surface area contributed by atoms with Crippen LogP contribution in [0.5, 0.6) is 0 Å². The lowest BCUT2D eigenvalue weighted by Gasteiger charge is -1.92. The van der Waals surface area contributed by atoms with Crippen molar-refractivity contribution in [3.63, 3.8) is 0 Å². The number of anilines is 2. The van der Waals surface area contributed by atoms with E-state index in [4.69, 9.17) is 11.5 Å². The van der Waals surface area contributed by atoms with Gasteiger partial charge in [0, 0.05) is 11.4 Å². The zero-order chi connectivity index (χ0) is 13.4. The van der Waals surface area contributed by atoms with Crippen molar-refractivity contribution in [3.8, 4) is 0 Å². The van der Waals surface area contributed by atoms with Crippen molar-refractivity contribution < 1.29 is 0 Å². The molecule has 0 fully saturated rings. The third-order valence-corrected chi connectivity index (χ3v) is 2.29. The SMILES string of the molecule is C=Cc1cccc(N)c1.C=Cc1cccc(N)c1. The third kappa shape index (κ3) is 4.58. The smallest absolute Gasteiger partial charge is 0.0319 e. The Morgan fingerprint density at radius 3 is 1.33 bits per heavy atom. The van der Waals surface area contributed by atoms with E-state index in [0.29, 0.717) is 0 Å². The molecule has 18 heavy (non-hydrogen) atoms. The summed E-state index contributed by atoms with van der Waals surface area (Å²) in [5.41, 5.74) is 14.7. The minimum atomic E-state index is 0.785. The molecule has 0 bridgehead atoms. The highest BCUT2D eigenvalue weighted by Crippen LogP contribution is 2.07. The second-order valence-electron chi connectivity index (χ2n) is 3.75. The van der Waals surface area contributed by atoms with Crippen LogP contribution in [0.4, 0.5) is 11.4 Å². The van der Waals surface area contributed by atoms with Crippen LogP contribution in [-0.4, -0.2) is 0 Å². The van der Waals surface area contributed by atoms with Gasteiger partial charge in [0.05, 0.1) is 0 Å². The van der Waals surface area contributed by atoms with Gasteiger partial charge >= 0.3 is 0 Å². The van der Waals surface area contributed by atoms with Gasteiger partial charge in [-0.15, -0.1) is 0 Å². The number of nitrogen functional groups attached to an aromatic ring is 2. The topological polar surface area (TPSA) is 52.0 Å². The molecule has 0 saturated heterocycles. The zero-order valence-electron chi connectivity index (χ0n) is 10.3. The van der Waals surface area contributed by atoms with Crippen molar-refractivity contribution in [3.05, 3.63) is 72.8 Å². The molecule has 92 valence electrons. The van der Waals surface area contributed by atoms with Crippen molar-refractivity contribution in [2.24, 2.45) is 0 Å². The van der Waals surface area contributed by atoms with Crippen molar-refractivity contribution in [2.45, 2.75) is 0 Å². The molecular weight excluding hydrogens is 220 g/mol. The summed E-state index contributed by atoms with van der Waals surface area (Å²) in [6.07, 6.45) is 3.55. The standard InChI is InChI=1S/2C8H9N/c2*1-2-7-4-3-5-8(9)6-7/h2*2-6H,1,9H2. The van der Waals surface area contributed by atoms with E-state index in [9.17, 15) is 0 Å². The maximum atomic E-state index is 5.49. The molecule has 0 atom stereocenters. The summed E-state index contributed by atoms with van der Waals surface area (Å²) in [4.78, 5) is 0. The third-order valence-electron chi connectivity index (χ3n) is 2.29. The van der Waals surface area contributed by atoms with Gasteiger partial charge in [0.15, 0.2) is 0 Å². The molecule has 0 aliphatic heterocycles. The van der Waals surface area contributed by atoms with E-state index in [2.05, 4.69) is 13.2 Å². The molecule has 2 heteroatoms. The van der Waals surface area contributed by atoms with Gasteiger partial charge < -0.3 is 11.5 Å². The Morgan fingerprint density at radius 1 is 0.722 bits per heavy atom. The Morgan fingerprint density at radius 2 is 1.11 bits per heavy atom. The van der Waals surface area contributed by atoms with E-state index >= 15 is 0 Å². The Kier molecular flexibility index (Phi) is 5.26. The summed E-state index contributed by atoms with van der Waals surface area (Å²) >= 11 is 0. The van der Waals surface area contributed by atoms with Crippen LogP contribution in [0.25, 0.3) is 12.2 Å². The van der Waals surface area contributed by atoms with E-state index in [1.54, 1.807) is 12.2 Å². The Labute approximate surface area is 108 Å². The molecule has 0 unspecified atom stereocenters. The predicted octanol–water partition coefficient (Wildman–Crippen LogP) is 3.82. The van der Waals surface area contributed by atoms with Crippen molar-refractivity contribution >= 4 is 23.5 Å². The molecule has 0 heterocycles. The fourth-order valence-corrected chi connectivity index (χ4v) is 1.37. The number of rotatable bonds is 2. The Bertz CT molecular complexity index is 481. The molecule has 0 aliphatic carbocycles. The first-order valence-electron chi connectivity index (χ1n) is 5.61. The first-order chi connectivity index (χ1) is 8.65. The highest BCUT2D eigenvalue weighted by Gasteiger charge is 1.84. The molecule has 0 spiro atoms. The van der Waals surface area contributed by atoms with Gasteiger partial charge in [0.2, 0.25) is 0 Å². The minimum Gasteiger partial charge on any atom is -0.399 e. The highest BCUT2D eigenvalue weighted by molar-refractivity contribution is 5.54. The average Bonchev–Trinajstić information content (AvgIpc) is 2.39. The van der Waals surface area contributed by atoms with E-state index in [-0.39, 0.29) is 0 Å². The number of hydrogen-bond donors (Lipinski definition) is 2. The summed E-state index contributed by atoms with van der Waals surface area (Å²) < 4.78 is 0. The summed E-state index contributed by atoms with van der Waals surface area (Å²) in [6.45, 7) is 7.23. The first kappa shape index (κ1) is 13.6. The largest absolute Gasteiger partial charge is 0.399 e. The molecule has 2 aromatic carbocycles. The van der Waals surface area contributed by atoms with Crippen molar-refractivity contribution in [1.82, 2.24) is 0 Å². The fourth-order valence-electron chi connectivity index (χ4n) is 1.37. The van der Waals surface area contributed by atoms with Crippen LogP contribution in [0, 0.1) is 0 Å². The normalized spacial score (nSPS) is 8.89. The minimum absolute atomic E-state index is 0.785. The predicted molar refractivity (Wildman–Crippen MR) is 81.9 cm³/mol. The molecule has 0 saturated carbocycles. The van der Waals surface area contributed by atoms with Gasteiger partial charge in [-0.3, -0.25) is 0 Å². The average molecular weight is 238 g/mol. The molecule has 4 N–H and O–H groups in total. The van der Waals surface area contributed by atoms with Crippen LogP contribution >= 0.6 is 0 Å². The van der Waals surface area contributed by atoms with Gasteiger partial charge in [-0.05, 0) is 35.4 Å². The summed E-state index contributed by atoms with van der Waals surface area (Å²) in [6, 6.07) is 15.2. The molecule has 2 rings (SSSR count). The van der Waals surface area contributed by atoms with Crippen molar-refractivity contribution in [2.75, 3.05) is 11.5 Å². The molecule has 2 nitrogen and oxygen atoms in total. The van der Waals surface area contributed by atoms with E-state index in [0.717, 1.165) is 22.5 Å². The quantitative estimate of drug-likeness (QED) is 0.781. The van der Waals surface area contributed by atoms with Crippen molar-refractivity contribution in [1.29, 1.82) is 0 Å². The summed E-state index contributed by atoms with van der Waals surface area (Å²) in [5, 5.41) is 0. The number of hydrogen-bond acceptors (Lipinski definition) is 2. The second-order valence-corrected chi connectivity index (χ2v) is 3.75. The van der Waals surface area contributed by atoms with E-state index < -0.39 is 0 Å². The van der Waals surface area contributed by atoms with Crippen LogP contribution < -0.4 is 11.5 Å². The van der Waals surface area contributed by atoms with E-state index in [1.165, 1.54) is 0 Å². The molecule has 0 amide bonds. The summed E-state index contributed by atoms with van der Waals surface area (Å²) in [5.74, 6) is 0. The maximum absolute atomic E-state index is 5.49. The first-order valence-corrected chi connectivity index (χ1v) is 5.61. The Hall–Kier alpha value is -2.48. The molecular formula is C16H18N2. The van der Waals surface area contributed by atoms with Gasteiger partial charge in [0.25, 0.3) is 0 Å². The van der Waals surface area contributed by atoms with Crippen LogP contribution in [0.3, 0.4) is 0 Å². The van der Waals surface area contributed by atoms with Gasteiger partial charge in [-0.1, -0.05) is 49.6 Å². The maximum Gasteiger partial charge on any atom is 0.0319 e. The van der Waals surface area contributed by atoms with Gasteiger partial charge in [-0.2, -0.15) is 0 Å². The number of benzene rings is 2.